The summed E-state index contributed by atoms with van der Waals surface area (Å²) < 4.78 is 57.8. The zero-order valence-electron chi connectivity index (χ0n) is 27.1. The van der Waals surface area contributed by atoms with Crippen molar-refractivity contribution in [3.05, 3.63) is 124 Å². The van der Waals surface area contributed by atoms with Crippen molar-refractivity contribution < 1.29 is 27.4 Å². The van der Waals surface area contributed by atoms with Crippen LogP contribution in [0.2, 0.25) is 0 Å². The van der Waals surface area contributed by atoms with Crippen molar-refractivity contribution in [2.24, 2.45) is 0 Å². The van der Waals surface area contributed by atoms with E-state index in [9.17, 15) is 18.4 Å². The number of nitrogens with one attached hydrogen (secondary N) is 3. The van der Waals surface area contributed by atoms with Crippen molar-refractivity contribution in [3.63, 3.8) is 0 Å². The van der Waals surface area contributed by atoms with Gasteiger partial charge < -0.3 is 25.4 Å². The van der Waals surface area contributed by atoms with Gasteiger partial charge in [0, 0.05) is 36.8 Å². The summed E-state index contributed by atoms with van der Waals surface area (Å²) in [6.07, 6.45) is 2.12. The summed E-state index contributed by atoms with van der Waals surface area (Å²) in [5, 5.41) is 17.9. The Bertz CT molecular complexity index is 2260. The predicted molar refractivity (Wildman–Crippen MR) is 184 cm³/mol. The Hall–Kier alpha value is -6.22. The molecule has 1 aliphatic rings. The molecule has 3 aromatic heterocycles. The maximum absolute atomic E-state index is 15.6. The van der Waals surface area contributed by atoms with Crippen LogP contribution in [0, 0.1) is 11.6 Å². The number of piperidine rings is 1. The average molecular weight is 697 g/mol. The van der Waals surface area contributed by atoms with Gasteiger partial charge in [0.05, 0.1) is 25.4 Å². The van der Waals surface area contributed by atoms with E-state index >= 15 is 4.39 Å². The van der Waals surface area contributed by atoms with Gasteiger partial charge in [0.2, 0.25) is 0 Å². The van der Waals surface area contributed by atoms with Crippen LogP contribution in [-0.2, 0) is 6.54 Å². The molecule has 0 unspecified atom stereocenters. The second kappa shape index (κ2) is 14.3. The fourth-order valence-electron chi connectivity index (χ4n) is 5.76. The zero-order chi connectivity index (χ0) is 35.5. The molecule has 12 nitrogen and oxygen atoms in total. The first-order valence-electron chi connectivity index (χ1n) is 16.0. The van der Waals surface area contributed by atoms with Gasteiger partial charge in [-0.25, -0.2) is 22.8 Å². The molecular formula is C36H31F3N8O4. The molecule has 1 amide bonds. The van der Waals surface area contributed by atoms with Gasteiger partial charge in [-0.3, -0.25) is 9.59 Å². The quantitative estimate of drug-likeness (QED) is 0.170. The highest BCUT2D eigenvalue weighted by Crippen LogP contribution is 2.36. The van der Waals surface area contributed by atoms with Gasteiger partial charge in [-0.2, -0.15) is 14.9 Å². The molecule has 0 spiro atoms. The number of carbonyl (C=O) groups is 1. The lowest BCUT2D eigenvalue weighted by Gasteiger charge is -2.27. The van der Waals surface area contributed by atoms with Gasteiger partial charge in [-0.1, -0.05) is 12.1 Å². The second-order valence-corrected chi connectivity index (χ2v) is 11.8. The van der Waals surface area contributed by atoms with E-state index in [4.69, 9.17) is 14.6 Å². The summed E-state index contributed by atoms with van der Waals surface area (Å²) in [5.74, 6) is -1.000. The fraction of sp³-hybridized carbons (Fsp3) is 0.194. The van der Waals surface area contributed by atoms with Gasteiger partial charge in [-0.05, 0) is 73.1 Å². The summed E-state index contributed by atoms with van der Waals surface area (Å²) in [5.41, 5.74) is 0.662. The van der Waals surface area contributed by atoms with E-state index in [1.165, 1.54) is 54.9 Å². The summed E-state index contributed by atoms with van der Waals surface area (Å²) in [6, 6.07) is 18.6. The zero-order valence-corrected chi connectivity index (χ0v) is 27.1. The van der Waals surface area contributed by atoms with Crippen LogP contribution in [0.15, 0.2) is 96.1 Å². The van der Waals surface area contributed by atoms with Crippen LogP contribution in [0.3, 0.4) is 0 Å². The summed E-state index contributed by atoms with van der Waals surface area (Å²) in [7, 11) is 1.59. The number of pyridine rings is 1. The molecule has 1 saturated heterocycles. The van der Waals surface area contributed by atoms with Crippen molar-refractivity contribution in [2.75, 3.05) is 30.8 Å². The van der Waals surface area contributed by atoms with Gasteiger partial charge >= 0.3 is 0 Å². The summed E-state index contributed by atoms with van der Waals surface area (Å²) in [4.78, 5) is 30.6. The molecule has 3 N–H and O–H groups in total. The number of ether oxygens (including phenoxy) is 2. The Balaban J connectivity index is 1.16. The summed E-state index contributed by atoms with van der Waals surface area (Å²) in [6.45, 7) is 1.16. The summed E-state index contributed by atoms with van der Waals surface area (Å²) >= 11 is 0. The third-order valence-electron chi connectivity index (χ3n) is 8.39. The van der Waals surface area contributed by atoms with Gasteiger partial charge in [-0.15, -0.1) is 0 Å². The SMILES string of the molecule is COc1ccc(Cn2nc(N[C@@H]3CCNC[C@@H]3F)c3c(Oc4ccc(NC(=O)c5ccnn(-c6ccc(F)cc6)c5=O)cc4F)ccnc32)cc1. The van der Waals surface area contributed by atoms with E-state index in [0.29, 0.717) is 42.1 Å². The van der Waals surface area contributed by atoms with Gasteiger partial charge in [0.25, 0.3) is 11.5 Å². The second-order valence-electron chi connectivity index (χ2n) is 11.8. The Labute approximate surface area is 288 Å². The maximum Gasteiger partial charge on any atom is 0.284 e. The first kappa shape index (κ1) is 33.3. The number of aromatic nitrogens is 5. The molecule has 3 aromatic carbocycles. The standard InChI is InChI=1S/C36H31F3N8O4/c1-50-25-9-2-21(3-10-25)20-46-34-32(33(45-46)44-29-13-15-40-19-28(29)39)31(14-16-41-34)51-30-11-6-23(18-27(30)38)43-35(48)26-12-17-42-47(36(26)49)24-7-4-22(37)5-8-24/h2-12,14,16-18,28-29,40H,13,15,19-20H2,1H3,(H,43,48)(H,44,45)/t28-,29+/m0/s1. The number of anilines is 2. The normalized spacial score (nSPS) is 15.8. The lowest BCUT2D eigenvalue weighted by molar-refractivity contribution is 0.102. The van der Waals surface area contributed by atoms with Crippen LogP contribution in [0.5, 0.6) is 17.2 Å². The minimum Gasteiger partial charge on any atom is -0.497 e. The third-order valence-corrected chi connectivity index (χ3v) is 8.39. The Kier molecular flexibility index (Phi) is 9.35. The van der Waals surface area contributed by atoms with Crippen molar-refractivity contribution >= 4 is 28.4 Å². The molecule has 0 aliphatic carbocycles. The van der Waals surface area contributed by atoms with E-state index in [-0.39, 0.29) is 35.0 Å². The monoisotopic (exact) mass is 696 g/mol. The molecule has 51 heavy (non-hydrogen) atoms. The minimum absolute atomic E-state index is 0.0591. The smallest absolute Gasteiger partial charge is 0.284 e. The molecule has 1 fully saturated rings. The Morgan fingerprint density at radius 3 is 2.55 bits per heavy atom. The topological polar surface area (TPSA) is 137 Å². The number of rotatable bonds is 10. The number of carbonyl (C=O) groups excluding carboxylic acids is 1. The van der Waals surface area contributed by atoms with Crippen molar-refractivity contribution in [1.82, 2.24) is 29.9 Å². The highest BCUT2D eigenvalue weighted by Gasteiger charge is 2.28. The molecule has 7 rings (SSSR count). The molecular weight excluding hydrogens is 665 g/mol. The first-order chi connectivity index (χ1) is 24.8. The number of fused-ring (bicyclic) bond motifs is 1. The molecule has 0 saturated carbocycles. The largest absolute Gasteiger partial charge is 0.497 e. The number of benzene rings is 3. The molecule has 260 valence electrons. The van der Waals surface area contributed by atoms with E-state index in [2.05, 4.69) is 26.0 Å². The first-order valence-corrected chi connectivity index (χ1v) is 16.0. The maximum atomic E-state index is 15.6. The number of amides is 1. The number of hydrogen-bond acceptors (Lipinski definition) is 9. The van der Waals surface area contributed by atoms with Crippen molar-refractivity contribution in [3.8, 4) is 22.9 Å². The molecule has 1 aliphatic heterocycles. The van der Waals surface area contributed by atoms with Gasteiger partial charge in [0.15, 0.2) is 23.0 Å². The number of methoxy groups -OCH3 is 1. The van der Waals surface area contributed by atoms with Gasteiger partial charge in [0.1, 0.15) is 34.4 Å². The molecule has 6 aromatic rings. The molecule has 4 heterocycles. The Morgan fingerprint density at radius 2 is 1.80 bits per heavy atom. The average Bonchev–Trinajstić information content (AvgIpc) is 3.48. The number of hydrogen-bond donors (Lipinski definition) is 3. The van der Waals surface area contributed by atoms with Crippen LogP contribution in [0.4, 0.5) is 24.7 Å². The minimum atomic E-state index is -1.17. The predicted octanol–water partition coefficient (Wildman–Crippen LogP) is 5.47. The van der Waals surface area contributed by atoms with E-state index < -0.39 is 35.3 Å². The van der Waals surface area contributed by atoms with E-state index in [0.717, 1.165) is 16.3 Å². The molecule has 2 atom stereocenters. The van der Waals surface area contributed by atoms with Crippen LogP contribution < -0.4 is 31.0 Å². The fourth-order valence-corrected chi connectivity index (χ4v) is 5.76. The van der Waals surface area contributed by atoms with Crippen LogP contribution >= 0.6 is 0 Å². The van der Waals surface area contributed by atoms with Crippen LogP contribution in [0.25, 0.3) is 16.7 Å². The Morgan fingerprint density at radius 1 is 1.00 bits per heavy atom. The molecule has 15 heteroatoms. The number of halogens is 3. The van der Waals surface area contributed by atoms with Crippen molar-refractivity contribution in [1.29, 1.82) is 0 Å². The lowest BCUT2D eigenvalue weighted by atomic mass is 10.0. The van der Waals surface area contributed by atoms with Crippen molar-refractivity contribution in [2.45, 2.75) is 25.2 Å². The third kappa shape index (κ3) is 7.10. The number of alkyl halides is 1. The molecule has 0 bridgehead atoms. The highest BCUT2D eigenvalue weighted by atomic mass is 19.1. The highest BCUT2D eigenvalue weighted by molar-refractivity contribution is 6.04. The molecule has 0 radical (unpaired) electrons. The van der Waals surface area contributed by atoms with E-state index in [1.54, 1.807) is 17.9 Å². The lowest BCUT2D eigenvalue weighted by Crippen LogP contribution is -2.45. The van der Waals surface area contributed by atoms with Crippen LogP contribution in [0.1, 0.15) is 22.3 Å². The number of nitrogens with zero attached hydrogens (tertiary/aromatic N) is 5. The van der Waals surface area contributed by atoms with E-state index in [1.807, 2.05) is 24.3 Å². The van der Waals surface area contributed by atoms with Crippen LogP contribution in [-0.4, -0.2) is 62.9 Å².